The highest BCUT2D eigenvalue weighted by Crippen LogP contribution is 2.27. The summed E-state index contributed by atoms with van der Waals surface area (Å²) in [7, 11) is 1.65. The minimum absolute atomic E-state index is 0.00950. The van der Waals surface area contributed by atoms with Crippen molar-refractivity contribution in [2.45, 2.75) is 13.5 Å². The first-order valence-electron chi connectivity index (χ1n) is 7.88. The Bertz CT molecular complexity index is 1090. The molecule has 0 aliphatic heterocycles. The van der Waals surface area contributed by atoms with Gasteiger partial charge in [0.25, 0.3) is 5.56 Å². The average molecular weight is 319 g/mol. The smallest absolute Gasteiger partial charge is 0.251 e. The van der Waals surface area contributed by atoms with E-state index in [0.29, 0.717) is 6.54 Å². The van der Waals surface area contributed by atoms with Crippen molar-refractivity contribution in [3.63, 3.8) is 0 Å². The normalized spacial score (nSPS) is 11.2. The Balaban J connectivity index is 1.94. The zero-order chi connectivity index (χ0) is 16.7. The largest absolute Gasteiger partial charge is 0.497 e. The molecule has 0 aliphatic carbocycles. The fraction of sp³-hybridized carbons (Fsp3) is 0.158. The second kappa shape index (κ2) is 5.53. The number of aryl methyl sites for hydroxylation is 1. The summed E-state index contributed by atoms with van der Waals surface area (Å²) in [5.74, 6) is 1.61. The van der Waals surface area contributed by atoms with E-state index in [1.165, 1.54) is 0 Å². The molecule has 5 heteroatoms. The van der Waals surface area contributed by atoms with Crippen LogP contribution in [0.15, 0.2) is 53.3 Å². The maximum absolute atomic E-state index is 12.0. The predicted octanol–water partition coefficient (Wildman–Crippen LogP) is 3.57. The van der Waals surface area contributed by atoms with Crippen LogP contribution >= 0.6 is 0 Å². The van der Waals surface area contributed by atoms with Crippen molar-refractivity contribution < 1.29 is 4.74 Å². The van der Waals surface area contributed by atoms with Gasteiger partial charge in [-0.25, -0.2) is 4.98 Å². The third-order valence-corrected chi connectivity index (χ3v) is 4.30. The van der Waals surface area contributed by atoms with Gasteiger partial charge in [-0.1, -0.05) is 0 Å². The molecule has 4 rings (SSSR count). The molecule has 0 saturated heterocycles. The van der Waals surface area contributed by atoms with Gasteiger partial charge in [0, 0.05) is 23.6 Å². The molecule has 0 aliphatic rings. The molecule has 0 unspecified atom stereocenters. The van der Waals surface area contributed by atoms with E-state index < -0.39 is 0 Å². The summed E-state index contributed by atoms with van der Waals surface area (Å²) >= 11 is 0. The van der Waals surface area contributed by atoms with Gasteiger partial charge < -0.3 is 14.3 Å². The molecule has 2 heterocycles. The van der Waals surface area contributed by atoms with Gasteiger partial charge in [-0.05, 0) is 49.4 Å². The SMILES string of the molecule is CCn1c(=O)ccc2c3nc(-c4ccc(OC)cc4)[nH]c3ccc21. The van der Waals surface area contributed by atoms with Crippen LogP contribution in [-0.2, 0) is 6.54 Å². The molecule has 0 amide bonds. The number of aromatic amines is 1. The van der Waals surface area contributed by atoms with E-state index in [1.54, 1.807) is 17.7 Å². The van der Waals surface area contributed by atoms with E-state index in [2.05, 4.69) is 4.98 Å². The Kier molecular flexibility index (Phi) is 3.34. The minimum Gasteiger partial charge on any atom is -0.497 e. The quantitative estimate of drug-likeness (QED) is 0.628. The number of nitrogens with zero attached hydrogens (tertiary/aromatic N) is 2. The lowest BCUT2D eigenvalue weighted by atomic mass is 10.2. The van der Waals surface area contributed by atoms with E-state index in [1.807, 2.05) is 49.4 Å². The van der Waals surface area contributed by atoms with Crippen LogP contribution < -0.4 is 10.3 Å². The first-order valence-corrected chi connectivity index (χ1v) is 7.88. The lowest BCUT2D eigenvalue weighted by Gasteiger charge is -2.07. The monoisotopic (exact) mass is 319 g/mol. The predicted molar refractivity (Wildman–Crippen MR) is 95.5 cm³/mol. The van der Waals surface area contributed by atoms with Crippen LogP contribution in [-0.4, -0.2) is 21.6 Å². The van der Waals surface area contributed by atoms with Crippen LogP contribution in [0.2, 0.25) is 0 Å². The molecule has 5 nitrogen and oxygen atoms in total. The number of hydrogen-bond acceptors (Lipinski definition) is 3. The molecule has 1 N–H and O–H groups in total. The van der Waals surface area contributed by atoms with Crippen molar-refractivity contribution in [1.82, 2.24) is 14.5 Å². The highest BCUT2D eigenvalue weighted by molar-refractivity contribution is 6.03. The van der Waals surface area contributed by atoms with Gasteiger partial charge in [0.15, 0.2) is 0 Å². The molecule has 0 fully saturated rings. The van der Waals surface area contributed by atoms with E-state index in [9.17, 15) is 4.79 Å². The molecule has 120 valence electrons. The number of benzene rings is 2. The molecule has 24 heavy (non-hydrogen) atoms. The Morgan fingerprint density at radius 1 is 1.08 bits per heavy atom. The number of nitrogens with one attached hydrogen (secondary N) is 1. The highest BCUT2D eigenvalue weighted by atomic mass is 16.5. The second-order valence-electron chi connectivity index (χ2n) is 5.62. The summed E-state index contributed by atoms with van der Waals surface area (Å²) in [6.45, 7) is 2.61. The first kappa shape index (κ1) is 14.5. The molecular formula is C19H17N3O2. The third kappa shape index (κ3) is 2.17. The first-order chi connectivity index (χ1) is 11.7. The fourth-order valence-corrected chi connectivity index (χ4v) is 3.06. The summed E-state index contributed by atoms with van der Waals surface area (Å²) in [5, 5.41) is 0.977. The zero-order valence-electron chi connectivity index (χ0n) is 13.5. The van der Waals surface area contributed by atoms with Crippen molar-refractivity contribution in [3.05, 3.63) is 58.9 Å². The summed E-state index contributed by atoms with van der Waals surface area (Å²) < 4.78 is 6.96. The van der Waals surface area contributed by atoms with Crippen LogP contribution in [0.1, 0.15) is 6.92 Å². The molecule has 0 radical (unpaired) electrons. The maximum Gasteiger partial charge on any atom is 0.251 e. The average Bonchev–Trinajstić information content (AvgIpc) is 3.06. The van der Waals surface area contributed by atoms with Gasteiger partial charge in [-0.15, -0.1) is 0 Å². The Morgan fingerprint density at radius 2 is 1.88 bits per heavy atom. The fourth-order valence-electron chi connectivity index (χ4n) is 3.06. The van der Waals surface area contributed by atoms with Gasteiger partial charge in [0.2, 0.25) is 0 Å². The Morgan fingerprint density at radius 3 is 2.58 bits per heavy atom. The van der Waals surface area contributed by atoms with E-state index >= 15 is 0 Å². The van der Waals surface area contributed by atoms with Crippen molar-refractivity contribution in [2.75, 3.05) is 7.11 Å². The summed E-state index contributed by atoms with van der Waals surface area (Å²) in [6, 6.07) is 15.2. The van der Waals surface area contributed by atoms with Gasteiger partial charge in [0.1, 0.15) is 11.6 Å². The summed E-state index contributed by atoms with van der Waals surface area (Å²) in [4.78, 5) is 20.1. The molecule has 0 saturated carbocycles. The maximum atomic E-state index is 12.0. The number of aromatic nitrogens is 3. The Hall–Kier alpha value is -3.08. The van der Waals surface area contributed by atoms with Gasteiger partial charge in [-0.3, -0.25) is 4.79 Å². The number of pyridine rings is 1. The number of rotatable bonds is 3. The lowest BCUT2D eigenvalue weighted by molar-refractivity contribution is 0.415. The summed E-state index contributed by atoms with van der Waals surface area (Å²) in [5.41, 5.74) is 3.74. The van der Waals surface area contributed by atoms with Crippen molar-refractivity contribution in [1.29, 1.82) is 0 Å². The van der Waals surface area contributed by atoms with Gasteiger partial charge in [-0.2, -0.15) is 0 Å². The molecular weight excluding hydrogens is 302 g/mol. The molecule has 0 bridgehead atoms. The van der Waals surface area contributed by atoms with E-state index in [4.69, 9.17) is 9.72 Å². The van der Waals surface area contributed by atoms with Crippen molar-refractivity contribution >= 4 is 21.9 Å². The minimum atomic E-state index is 0.00950. The number of methoxy groups -OCH3 is 1. The number of H-pyrrole nitrogens is 1. The molecule has 4 aromatic rings. The lowest BCUT2D eigenvalue weighted by Crippen LogP contribution is -2.17. The number of imidazole rings is 1. The van der Waals surface area contributed by atoms with Gasteiger partial charge in [0.05, 0.1) is 23.7 Å². The molecule has 0 atom stereocenters. The van der Waals surface area contributed by atoms with Crippen LogP contribution in [0.5, 0.6) is 5.75 Å². The van der Waals surface area contributed by atoms with Crippen LogP contribution in [0.3, 0.4) is 0 Å². The molecule has 0 spiro atoms. The van der Waals surface area contributed by atoms with E-state index in [-0.39, 0.29) is 5.56 Å². The van der Waals surface area contributed by atoms with Gasteiger partial charge >= 0.3 is 0 Å². The summed E-state index contributed by atoms with van der Waals surface area (Å²) in [6.07, 6.45) is 0. The molecule has 2 aromatic carbocycles. The number of fused-ring (bicyclic) bond motifs is 3. The van der Waals surface area contributed by atoms with Crippen molar-refractivity contribution in [3.8, 4) is 17.1 Å². The highest BCUT2D eigenvalue weighted by Gasteiger charge is 2.11. The van der Waals surface area contributed by atoms with Crippen LogP contribution in [0.4, 0.5) is 0 Å². The zero-order valence-corrected chi connectivity index (χ0v) is 13.5. The third-order valence-electron chi connectivity index (χ3n) is 4.30. The second-order valence-corrected chi connectivity index (χ2v) is 5.62. The molecule has 2 aromatic heterocycles. The standard InChI is InChI=1S/C19H17N3O2/c1-3-22-16-10-9-15-18(14(16)8-11-17(22)23)21-19(20-15)12-4-6-13(24-2)7-5-12/h4-11H,3H2,1-2H3,(H,20,21). The van der Waals surface area contributed by atoms with Crippen molar-refractivity contribution in [2.24, 2.45) is 0 Å². The topological polar surface area (TPSA) is 59.9 Å². The van der Waals surface area contributed by atoms with Crippen LogP contribution in [0.25, 0.3) is 33.3 Å². The Labute approximate surface area is 138 Å². The number of hydrogen-bond donors (Lipinski definition) is 1. The van der Waals surface area contributed by atoms with E-state index in [0.717, 1.165) is 39.1 Å². The van der Waals surface area contributed by atoms with Crippen LogP contribution in [0, 0.1) is 0 Å². The number of ether oxygens (including phenoxy) is 1.